The van der Waals surface area contributed by atoms with E-state index >= 15 is 0 Å². The van der Waals surface area contributed by atoms with E-state index in [4.69, 9.17) is 15.3 Å². The van der Waals surface area contributed by atoms with Crippen molar-refractivity contribution < 1.29 is 9.47 Å². The average molecular weight is 259 g/mol. The summed E-state index contributed by atoms with van der Waals surface area (Å²) in [6, 6.07) is 11.5. The third-order valence-electron chi connectivity index (χ3n) is 2.67. The van der Waals surface area contributed by atoms with E-state index in [-0.39, 0.29) is 0 Å². The van der Waals surface area contributed by atoms with Crippen LogP contribution >= 0.6 is 0 Å². The number of hydrogen-bond acceptors (Lipinski definition) is 5. The Morgan fingerprint density at radius 3 is 2.32 bits per heavy atom. The molecule has 0 atom stereocenters. The number of aromatic nitrogens is 1. The van der Waals surface area contributed by atoms with E-state index in [2.05, 4.69) is 10.4 Å². The van der Waals surface area contributed by atoms with Crippen molar-refractivity contribution in [1.29, 1.82) is 0 Å². The number of hydrogen-bond donors (Lipinski definition) is 2. The Bertz CT molecular complexity index is 450. The lowest BCUT2D eigenvalue weighted by Gasteiger charge is -2.06. The highest BCUT2D eigenvalue weighted by Gasteiger charge is 1.97. The second kappa shape index (κ2) is 6.72. The first-order valence-electron chi connectivity index (χ1n) is 5.94. The van der Waals surface area contributed by atoms with Crippen molar-refractivity contribution in [2.75, 3.05) is 12.5 Å². The van der Waals surface area contributed by atoms with Gasteiger partial charge < -0.3 is 14.9 Å². The highest BCUT2D eigenvalue weighted by atomic mass is 16.5. The van der Waals surface area contributed by atoms with E-state index in [1.165, 1.54) is 0 Å². The number of nitrogens with two attached hydrogens (primary N) is 1. The summed E-state index contributed by atoms with van der Waals surface area (Å²) in [6.45, 7) is 1.07. The number of methoxy groups -OCH3 is 1. The zero-order valence-corrected chi connectivity index (χ0v) is 10.8. The molecular weight excluding hydrogens is 242 g/mol. The van der Waals surface area contributed by atoms with Crippen molar-refractivity contribution >= 4 is 5.82 Å². The zero-order valence-electron chi connectivity index (χ0n) is 10.8. The van der Waals surface area contributed by atoms with Crippen LogP contribution in [0.2, 0.25) is 0 Å². The molecule has 100 valence electrons. The molecule has 5 nitrogen and oxygen atoms in total. The normalized spacial score (nSPS) is 10.2. The summed E-state index contributed by atoms with van der Waals surface area (Å²) >= 11 is 0. The molecule has 0 saturated carbocycles. The maximum atomic E-state index is 5.62. The highest BCUT2D eigenvalue weighted by molar-refractivity contribution is 5.33. The smallest absolute Gasteiger partial charge is 0.139 e. The first kappa shape index (κ1) is 13.3. The molecule has 1 aromatic carbocycles. The van der Waals surface area contributed by atoms with Crippen LogP contribution in [0.4, 0.5) is 5.82 Å². The Labute approximate surface area is 112 Å². The Morgan fingerprint density at radius 1 is 1.05 bits per heavy atom. The van der Waals surface area contributed by atoms with Gasteiger partial charge in [-0.1, -0.05) is 18.2 Å². The molecule has 1 aromatic heterocycles. The Balaban J connectivity index is 1.81. The molecule has 0 aliphatic heterocycles. The van der Waals surface area contributed by atoms with E-state index in [1.807, 2.05) is 36.4 Å². The quantitative estimate of drug-likeness (QED) is 0.614. The van der Waals surface area contributed by atoms with E-state index in [9.17, 15) is 0 Å². The van der Waals surface area contributed by atoms with Gasteiger partial charge in [0.05, 0.1) is 20.3 Å². The summed E-state index contributed by atoms with van der Waals surface area (Å²) < 4.78 is 10.7. The highest BCUT2D eigenvalue weighted by Crippen LogP contribution is 2.13. The Kier molecular flexibility index (Phi) is 4.72. The van der Waals surface area contributed by atoms with Gasteiger partial charge in [0.15, 0.2) is 0 Å². The van der Waals surface area contributed by atoms with Crippen LogP contribution in [0.15, 0.2) is 42.6 Å². The fourth-order valence-electron chi connectivity index (χ4n) is 1.60. The average Bonchev–Trinajstić information content (AvgIpc) is 2.49. The molecule has 0 spiro atoms. The predicted molar refractivity (Wildman–Crippen MR) is 73.5 cm³/mol. The fraction of sp³-hybridized carbons (Fsp3) is 0.214. The van der Waals surface area contributed by atoms with Crippen LogP contribution < -0.4 is 16.0 Å². The van der Waals surface area contributed by atoms with Crippen LogP contribution in [0.3, 0.4) is 0 Å². The van der Waals surface area contributed by atoms with Gasteiger partial charge in [0, 0.05) is 6.20 Å². The molecule has 0 saturated heterocycles. The third-order valence-corrected chi connectivity index (χ3v) is 2.67. The summed E-state index contributed by atoms with van der Waals surface area (Å²) in [5.74, 6) is 6.73. The van der Waals surface area contributed by atoms with Crippen LogP contribution in [-0.4, -0.2) is 12.1 Å². The molecule has 0 fully saturated rings. The Hall–Kier alpha value is -2.11. The van der Waals surface area contributed by atoms with Crippen molar-refractivity contribution in [3.8, 4) is 5.75 Å². The molecule has 2 aromatic rings. The molecule has 3 N–H and O–H groups in total. The monoisotopic (exact) mass is 259 g/mol. The molecule has 5 heteroatoms. The van der Waals surface area contributed by atoms with Gasteiger partial charge in [0.25, 0.3) is 0 Å². The lowest BCUT2D eigenvalue weighted by molar-refractivity contribution is 0.107. The topological polar surface area (TPSA) is 69.4 Å². The molecular formula is C14H17N3O2. The van der Waals surface area contributed by atoms with Crippen LogP contribution in [0.5, 0.6) is 5.75 Å². The van der Waals surface area contributed by atoms with Crippen molar-refractivity contribution in [1.82, 2.24) is 4.98 Å². The number of anilines is 1. The number of benzene rings is 1. The molecule has 2 rings (SSSR count). The number of rotatable bonds is 6. The number of hydrazine groups is 1. The van der Waals surface area contributed by atoms with Crippen molar-refractivity contribution in [3.05, 3.63) is 53.7 Å². The lowest BCUT2D eigenvalue weighted by Crippen LogP contribution is -2.08. The summed E-state index contributed by atoms with van der Waals surface area (Å²) in [5, 5.41) is 0. The molecule has 0 unspecified atom stereocenters. The summed E-state index contributed by atoms with van der Waals surface area (Å²) in [7, 11) is 1.65. The summed E-state index contributed by atoms with van der Waals surface area (Å²) in [5.41, 5.74) is 4.60. The second-order valence-corrected chi connectivity index (χ2v) is 4.04. The summed E-state index contributed by atoms with van der Waals surface area (Å²) in [6.07, 6.45) is 1.74. The maximum absolute atomic E-state index is 5.62. The minimum atomic E-state index is 0.518. The van der Waals surface area contributed by atoms with E-state index in [0.29, 0.717) is 19.0 Å². The lowest BCUT2D eigenvalue weighted by atomic mass is 10.2. The first-order chi connectivity index (χ1) is 9.31. The summed E-state index contributed by atoms with van der Waals surface area (Å²) in [4.78, 5) is 4.11. The molecule has 0 aliphatic rings. The number of nitrogens with zero attached hydrogens (tertiary/aromatic N) is 1. The minimum Gasteiger partial charge on any atom is -0.497 e. The van der Waals surface area contributed by atoms with Crippen molar-refractivity contribution in [2.45, 2.75) is 13.2 Å². The molecule has 0 aliphatic carbocycles. The standard InChI is InChI=1S/C14H17N3O2/c1-18-13-5-2-11(3-6-13)9-19-10-12-4-7-14(17-15)16-8-12/h2-8H,9-10,15H2,1H3,(H,16,17). The van der Waals surface area contributed by atoms with Crippen LogP contribution in [0.25, 0.3) is 0 Å². The van der Waals surface area contributed by atoms with Crippen molar-refractivity contribution in [2.24, 2.45) is 5.84 Å². The second-order valence-electron chi connectivity index (χ2n) is 4.04. The van der Waals surface area contributed by atoms with Gasteiger partial charge in [-0.15, -0.1) is 0 Å². The number of nitrogens with one attached hydrogen (secondary N) is 1. The van der Waals surface area contributed by atoms with Crippen LogP contribution in [0, 0.1) is 0 Å². The van der Waals surface area contributed by atoms with Gasteiger partial charge >= 0.3 is 0 Å². The molecule has 1 heterocycles. The maximum Gasteiger partial charge on any atom is 0.139 e. The number of pyridine rings is 1. The zero-order chi connectivity index (χ0) is 13.5. The number of nitrogen functional groups attached to an aromatic ring is 1. The van der Waals surface area contributed by atoms with E-state index in [1.54, 1.807) is 13.3 Å². The largest absolute Gasteiger partial charge is 0.497 e. The van der Waals surface area contributed by atoms with Crippen LogP contribution in [0.1, 0.15) is 11.1 Å². The van der Waals surface area contributed by atoms with Gasteiger partial charge in [0.1, 0.15) is 11.6 Å². The van der Waals surface area contributed by atoms with Gasteiger partial charge in [-0.25, -0.2) is 10.8 Å². The van der Waals surface area contributed by atoms with E-state index in [0.717, 1.165) is 16.9 Å². The fourth-order valence-corrected chi connectivity index (χ4v) is 1.60. The van der Waals surface area contributed by atoms with Gasteiger partial charge in [-0.05, 0) is 29.3 Å². The molecule has 19 heavy (non-hydrogen) atoms. The van der Waals surface area contributed by atoms with E-state index < -0.39 is 0 Å². The molecule has 0 bridgehead atoms. The SMILES string of the molecule is COc1ccc(COCc2ccc(NN)nc2)cc1. The van der Waals surface area contributed by atoms with Gasteiger partial charge in [0.2, 0.25) is 0 Å². The number of ether oxygens (including phenoxy) is 2. The van der Waals surface area contributed by atoms with Crippen molar-refractivity contribution in [3.63, 3.8) is 0 Å². The van der Waals surface area contributed by atoms with Gasteiger partial charge in [-0.2, -0.15) is 0 Å². The van der Waals surface area contributed by atoms with Crippen LogP contribution in [-0.2, 0) is 18.0 Å². The Morgan fingerprint density at radius 2 is 1.74 bits per heavy atom. The molecule has 0 radical (unpaired) electrons. The predicted octanol–water partition coefficient (Wildman–Crippen LogP) is 2.09. The molecule has 0 amide bonds. The van der Waals surface area contributed by atoms with Gasteiger partial charge in [-0.3, -0.25) is 0 Å². The first-order valence-corrected chi connectivity index (χ1v) is 5.94. The minimum absolute atomic E-state index is 0.518. The third kappa shape index (κ3) is 3.94.